The van der Waals surface area contributed by atoms with E-state index in [0.717, 1.165) is 48.4 Å². The highest BCUT2D eigenvalue weighted by Crippen LogP contribution is 2.44. The molecule has 1 saturated carbocycles. The summed E-state index contributed by atoms with van der Waals surface area (Å²) in [6.45, 7) is 12.2. The minimum absolute atomic E-state index is 0.0545. The number of hydrogen-bond acceptors (Lipinski definition) is 6. The summed E-state index contributed by atoms with van der Waals surface area (Å²) in [6.07, 6.45) is 11.3. The number of pyridine rings is 2. The van der Waals surface area contributed by atoms with Gasteiger partial charge >= 0.3 is 0 Å². The minimum atomic E-state index is 0.0545. The number of nitrogens with one attached hydrogen (secondary N) is 1. The number of hydrogen-bond donors (Lipinski definition) is 1. The first kappa shape index (κ1) is 25.4. The maximum atomic E-state index is 12.9. The van der Waals surface area contributed by atoms with Crippen LogP contribution < -0.4 is 10.2 Å². The van der Waals surface area contributed by atoms with Crippen molar-refractivity contribution in [1.29, 1.82) is 5.26 Å². The summed E-state index contributed by atoms with van der Waals surface area (Å²) in [7, 11) is 0. The van der Waals surface area contributed by atoms with Crippen LogP contribution in [-0.4, -0.2) is 46.5 Å². The van der Waals surface area contributed by atoms with Crippen LogP contribution in [0, 0.1) is 17.2 Å². The zero-order valence-electron chi connectivity index (χ0n) is 21.6. The van der Waals surface area contributed by atoms with Crippen molar-refractivity contribution in [2.24, 2.45) is 5.92 Å². The van der Waals surface area contributed by atoms with Gasteiger partial charge in [-0.1, -0.05) is 45.9 Å². The Kier molecular flexibility index (Phi) is 8.04. The van der Waals surface area contributed by atoms with E-state index in [1.807, 2.05) is 29.2 Å². The predicted molar refractivity (Wildman–Crippen MR) is 145 cm³/mol. The summed E-state index contributed by atoms with van der Waals surface area (Å²) in [5, 5.41) is 13.5. The largest absolute Gasteiger partial charge is 0.352 e. The molecule has 0 spiro atoms. The van der Waals surface area contributed by atoms with Gasteiger partial charge in [0.15, 0.2) is 0 Å². The number of amides is 1. The molecule has 188 valence electrons. The second-order valence-electron chi connectivity index (χ2n) is 9.96. The lowest BCUT2D eigenvalue weighted by Crippen LogP contribution is -2.57. The summed E-state index contributed by atoms with van der Waals surface area (Å²) in [4.78, 5) is 26.6. The quantitative estimate of drug-likeness (QED) is 0.464. The molecule has 0 radical (unpaired) electrons. The molecule has 2 aliphatic rings. The molecule has 3 heterocycles. The first-order valence-electron chi connectivity index (χ1n) is 13.0. The Hall–Kier alpha value is -3.66. The molecule has 2 aromatic rings. The average molecular weight is 485 g/mol. The van der Waals surface area contributed by atoms with Crippen molar-refractivity contribution in [2.75, 3.05) is 29.9 Å². The number of unbranched alkanes of at least 4 members (excludes halogenated alkanes) is 1. The van der Waals surface area contributed by atoms with Crippen LogP contribution in [0.5, 0.6) is 0 Å². The number of carbonyl (C=O) groups excluding carboxylic acids is 1. The molecule has 1 N–H and O–H groups in total. The number of anilines is 3. The molecule has 2 aromatic heterocycles. The van der Waals surface area contributed by atoms with Crippen molar-refractivity contribution in [3.05, 3.63) is 59.9 Å². The maximum Gasteiger partial charge on any atom is 0.246 e. The van der Waals surface area contributed by atoms with Crippen molar-refractivity contribution >= 4 is 29.3 Å². The highest BCUT2D eigenvalue weighted by molar-refractivity contribution is 5.88. The molecule has 0 aromatic carbocycles. The van der Waals surface area contributed by atoms with Gasteiger partial charge in [-0.05, 0) is 55.0 Å². The smallest absolute Gasteiger partial charge is 0.246 e. The van der Waals surface area contributed by atoms with Gasteiger partial charge < -0.3 is 15.1 Å². The molecular formula is C29H36N6O. The number of nitriles is 1. The van der Waals surface area contributed by atoms with Crippen molar-refractivity contribution in [1.82, 2.24) is 14.9 Å². The molecule has 36 heavy (non-hydrogen) atoms. The predicted octanol–water partition coefficient (Wildman–Crippen LogP) is 5.64. The van der Waals surface area contributed by atoms with E-state index in [1.54, 1.807) is 18.3 Å². The molecule has 7 heteroatoms. The Morgan fingerprint density at radius 1 is 1.33 bits per heavy atom. The summed E-state index contributed by atoms with van der Waals surface area (Å²) in [5.41, 5.74) is 3.33. The van der Waals surface area contributed by atoms with Crippen LogP contribution in [0.4, 0.5) is 17.3 Å². The Bertz CT molecular complexity index is 1180. The van der Waals surface area contributed by atoms with Gasteiger partial charge in [-0.15, -0.1) is 0 Å². The standard InChI is InChI=1S/C29H36N6O/c1-5-7-8-9-27(36)35-15-14-34(19-25(35)20(3)4)29-23(18-30)17-24(28(33-29)22-10-11-22)32-26-16-21(6-2)12-13-31-26/h6,8-9,12-13,16-17,20,22,25H,2,5,7,10-11,14-15,19H2,1,3-4H3,(H,31,32)/b9-8+. The zero-order chi connectivity index (χ0) is 25.7. The fourth-order valence-electron chi connectivity index (χ4n) is 4.68. The minimum Gasteiger partial charge on any atom is -0.352 e. The summed E-state index contributed by atoms with van der Waals surface area (Å²) in [5.74, 6) is 2.17. The fraction of sp³-hybridized carbons (Fsp3) is 0.448. The lowest BCUT2D eigenvalue weighted by Gasteiger charge is -2.43. The third-order valence-corrected chi connectivity index (χ3v) is 6.89. The summed E-state index contributed by atoms with van der Waals surface area (Å²) >= 11 is 0. The van der Waals surface area contributed by atoms with E-state index >= 15 is 0 Å². The fourth-order valence-corrected chi connectivity index (χ4v) is 4.68. The second kappa shape index (κ2) is 11.4. The number of carbonyl (C=O) groups is 1. The van der Waals surface area contributed by atoms with Crippen molar-refractivity contribution in [3.8, 4) is 6.07 Å². The van der Waals surface area contributed by atoms with Gasteiger partial charge in [0.25, 0.3) is 0 Å². The van der Waals surface area contributed by atoms with Gasteiger partial charge in [0.1, 0.15) is 17.7 Å². The maximum absolute atomic E-state index is 12.9. The number of rotatable bonds is 9. The van der Waals surface area contributed by atoms with Crippen molar-refractivity contribution in [3.63, 3.8) is 0 Å². The van der Waals surface area contributed by atoms with E-state index in [0.29, 0.717) is 36.9 Å². The van der Waals surface area contributed by atoms with E-state index in [1.165, 1.54) is 0 Å². The van der Waals surface area contributed by atoms with E-state index < -0.39 is 0 Å². The van der Waals surface area contributed by atoms with Gasteiger partial charge in [0, 0.05) is 31.7 Å². The molecule has 4 rings (SSSR count). The van der Waals surface area contributed by atoms with Gasteiger partial charge in [0.05, 0.1) is 23.0 Å². The van der Waals surface area contributed by atoms with Crippen LogP contribution in [0.3, 0.4) is 0 Å². The lowest BCUT2D eigenvalue weighted by molar-refractivity contribution is -0.129. The molecule has 0 bridgehead atoms. The number of piperazine rings is 1. The Morgan fingerprint density at radius 3 is 2.81 bits per heavy atom. The molecule has 7 nitrogen and oxygen atoms in total. The van der Waals surface area contributed by atoms with E-state index in [-0.39, 0.29) is 17.9 Å². The van der Waals surface area contributed by atoms with Crippen LogP contribution in [0.2, 0.25) is 0 Å². The first-order valence-corrected chi connectivity index (χ1v) is 13.0. The molecular weight excluding hydrogens is 448 g/mol. The Morgan fingerprint density at radius 2 is 2.14 bits per heavy atom. The van der Waals surface area contributed by atoms with E-state index in [2.05, 4.69) is 48.6 Å². The lowest BCUT2D eigenvalue weighted by atomic mass is 9.98. The third-order valence-electron chi connectivity index (χ3n) is 6.89. The number of aromatic nitrogens is 2. The van der Waals surface area contributed by atoms with Crippen LogP contribution in [0.15, 0.2) is 43.1 Å². The first-order chi connectivity index (χ1) is 17.4. The topological polar surface area (TPSA) is 85.2 Å². The van der Waals surface area contributed by atoms with Crippen LogP contribution in [-0.2, 0) is 4.79 Å². The SMILES string of the molecule is C=Cc1ccnc(Nc2cc(C#N)c(N3CCN(C(=O)/C=C/CCC)C(C(C)C)C3)nc2C2CC2)c1. The van der Waals surface area contributed by atoms with Crippen LogP contribution >= 0.6 is 0 Å². The highest BCUT2D eigenvalue weighted by Gasteiger charge is 2.35. The van der Waals surface area contributed by atoms with Crippen molar-refractivity contribution in [2.45, 2.75) is 58.4 Å². The monoisotopic (exact) mass is 484 g/mol. The molecule has 1 aliphatic heterocycles. The average Bonchev–Trinajstić information content (AvgIpc) is 3.73. The van der Waals surface area contributed by atoms with Gasteiger partial charge in [0.2, 0.25) is 5.91 Å². The Balaban J connectivity index is 1.62. The molecule has 1 unspecified atom stereocenters. The number of nitrogens with zero attached hydrogens (tertiary/aromatic N) is 5. The zero-order valence-corrected chi connectivity index (χ0v) is 21.6. The molecule has 2 fully saturated rings. The summed E-state index contributed by atoms with van der Waals surface area (Å²) < 4.78 is 0. The second-order valence-corrected chi connectivity index (χ2v) is 9.96. The van der Waals surface area contributed by atoms with E-state index in [4.69, 9.17) is 4.98 Å². The normalized spacial score (nSPS) is 17.9. The van der Waals surface area contributed by atoms with Gasteiger partial charge in [-0.25, -0.2) is 9.97 Å². The Labute approximate surface area is 214 Å². The molecule has 1 amide bonds. The van der Waals surface area contributed by atoms with E-state index in [9.17, 15) is 10.1 Å². The molecule has 1 saturated heterocycles. The molecule has 1 aliphatic carbocycles. The highest BCUT2D eigenvalue weighted by atomic mass is 16.2. The third kappa shape index (κ3) is 5.76. The summed E-state index contributed by atoms with van der Waals surface area (Å²) in [6, 6.07) is 8.17. The van der Waals surface area contributed by atoms with Gasteiger partial charge in [-0.3, -0.25) is 4.79 Å². The van der Waals surface area contributed by atoms with Gasteiger partial charge in [-0.2, -0.15) is 5.26 Å². The number of allylic oxidation sites excluding steroid dienone is 1. The van der Waals surface area contributed by atoms with Crippen molar-refractivity contribution < 1.29 is 4.79 Å². The van der Waals surface area contributed by atoms with Crippen LogP contribution in [0.1, 0.15) is 69.2 Å². The van der Waals surface area contributed by atoms with Crippen LogP contribution in [0.25, 0.3) is 6.08 Å². The molecule has 1 atom stereocenters.